The highest BCUT2D eigenvalue weighted by molar-refractivity contribution is 7.13. The van der Waals surface area contributed by atoms with E-state index in [0.29, 0.717) is 17.9 Å². The lowest BCUT2D eigenvalue weighted by molar-refractivity contribution is 0.0569. The molecule has 6 heteroatoms. The van der Waals surface area contributed by atoms with Crippen LogP contribution in [0.25, 0.3) is 10.8 Å². The largest absolute Gasteiger partial charge is 0.462 e. The number of piperidine rings is 1. The van der Waals surface area contributed by atoms with E-state index in [1.807, 2.05) is 11.0 Å². The first-order valence-electron chi connectivity index (χ1n) is 7.21. The average Bonchev–Trinajstić information content (AvgIpc) is 3.18. The van der Waals surface area contributed by atoms with Crippen molar-refractivity contribution in [3.63, 3.8) is 0 Å². The van der Waals surface area contributed by atoms with E-state index in [9.17, 15) is 4.79 Å². The Morgan fingerprint density at radius 2 is 2.43 bits per heavy atom. The number of furan rings is 1. The van der Waals surface area contributed by atoms with Gasteiger partial charge in [-0.05, 0) is 37.8 Å². The first-order chi connectivity index (χ1) is 10.3. The average molecular weight is 306 g/mol. The van der Waals surface area contributed by atoms with E-state index in [-0.39, 0.29) is 18.6 Å². The van der Waals surface area contributed by atoms with Crippen LogP contribution in [0.3, 0.4) is 0 Å². The molecule has 3 heterocycles. The number of carbonyl (C=O) groups is 1. The summed E-state index contributed by atoms with van der Waals surface area (Å²) in [6, 6.07) is 3.77. The fourth-order valence-corrected chi connectivity index (χ4v) is 3.51. The van der Waals surface area contributed by atoms with Crippen molar-refractivity contribution in [2.45, 2.75) is 31.7 Å². The van der Waals surface area contributed by atoms with Crippen molar-refractivity contribution >= 4 is 17.2 Å². The molecular formula is C15H18N2O3S. The SMILES string of the molecule is O=C(c1csc(-c2ccco2)n1)N1CCCCC1CCO. The lowest BCUT2D eigenvalue weighted by Gasteiger charge is -2.35. The topological polar surface area (TPSA) is 66.6 Å². The standard InChI is InChI=1S/C15H18N2O3S/c18-8-6-11-4-1-2-7-17(11)15(19)12-10-21-14(16-12)13-5-3-9-20-13/h3,5,9-11,18H,1-2,4,6-8H2. The first-order valence-corrected chi connectivity index (χ1v) is 8.09. The second kappa shape index (κ2) is 6.41. The molecule has 1 atom stereocenters. The molecule has 0 radical (unpaired) electrons. The molecule has 1 N–H and O–H groups in total. The van der Waals surface area contributed by atoms with Crippen molar-refractivity contribution in [1.82, 2.24) is 9.88 Å². The van der Waals surface area contributed by atoms with Crippen LogP contribution in [-0.2, 0) is 0 Å². The fourth-order valence-electron chi connectivity index (χ4n) is 2.75. The second-order valence-electron chi connectivity index (χ2n) is 5.18. The molecule has 3 rings (SSSR count). The molecule has 1 saturated heterocycles. The van der Waals surface area contributed by atoms with Crippen LogP contribution in [0.4, 0.5) is 0 Å². The number of aliphatic hydroxyl groups is 1. The molecule has 0 bridgehead atoms. The maximum Gasteiger partial charge on any atom is 0.273 e. The third kappa shape index (κ3) is 3.01. The Kier molecular flexibility index (Phi) is 4.36. The smallest absolute Gasteiger partial charge is 0.273 e. The van der Waals surface area contributed by atoms with Crippen molar-refractivity contribution in [2.75, 3.05) is 13.2 Å². The van der Waals surface area contributed by atoms with Crippen LogP contribution in [0, 0.1) is 0 Å². The van der Waals surface area contributed by atoms with E-state index in [0.717, 1.165) is 30.8 Å². The lowest BCUT2D eigenvalue weighted by Crippen LogP contribution is -2.44. The van der Waals surface area contributed by atoms with Gasteiger partial charge in [0, 0.05) is 24.6 Å². The zero-order chi connectivity index (χ0) is 14.7. The fraction of sp³-hybridized carbons (Fsp3) is 0.467. The number of aromatic nitrogens is 1. The van der Waals surface area contributed by atoms with Gasteiger partial charge in [0.25, 0.3) is 5.91 Å². The Hall–Kier alpha value is -1.66. The van der Waals surface area contributed by atoms with Crippen LogP contribution >= 0.6 is 11.3 Å². The van der Waals surface area contributed by atoms with Crippen LogP contribution in [0.2, 0.25) is 0 Å². The van der Waals surface area contributed by atoms with Gasteiger partial charge in [-0.3, -0.25) is 4.79 Å². The Labute approximate surface area is 127 Å². The summed E-state index contributed by atoms with van der Waals surface area (Å²) in [4.78, 5) is 18.9. The molecule has 1 fully saturated rings. The molecule has 0 saturated carbocycles. The summed E-state index contributed by atoms with van der Waals surface area (Å²) in [7, 11) is 0. The van der Waals surface area contributed by atoms with E-state index < -0.39 is 0 Å². The van der Waals surface area contributed by atoms with Crippen molar-refractivity contribution in [1.29, 1.82) is 0 Å². The number of hydrogen-bond donors (Lipinski definition) is 1. The number of likely N-dealkylation sites (tertiary alicyclic amines) is 1. The Balaban J connectivity index is 1.77. The molecule has 1 aliphatic heterocycles. The van der Waals surface area contributed by atoms with Gasteiger partial charge in [0.15, 0.2) is 10.8 Å². The molecule has 1 aliphatic rings. The molecule has 112 valence electrons. The Bertz CT molecular complexity index is 592. The monoisotopic (exact) mass is 306 g/mol. The van der Waals surface area contributed by atoms with Crippen molar-refractivity contribution < 1.29 is 14.3 Å². The lowest BCUT2D eigenvalue weighted by atomic mass is 9.99. The minimum atomic E-state index is -0.0396. The number of thiazole rings is 1. The van der Waals surface area contributed by atoms with Gasteiger partial charge >= 0.3 is 0 Å². The van der Waals surface area contributed by atoms with Gasteiger partial charge in [-0.2, -0.15) is 0 Å². The summed E-state index contributed by atoms with van der Waals surface area (Å²) in [5.41, 5.74) is 0.469. The Morgan fingerprint density at radius 1 is 1.52 bits per heavy atom. The van der Waals surface area contributed by atoms with Crippen molar-refractivity contribution in [2.24, 2.45) is 0 Å². The van der Waals surface area contributed by atoms with Crippen LogP contribution in [-0.4, -0.2) is 40.1 Å². The van der Waals surface area contributed by atoms with Crippen LogP contribution in [0.5, 0.6) is 0 Å². The summed E-state index contributed by atoms with van der Waals surface area (Å²) in [5.74, 6) is 0.645. The van der Waals surface area contributed by atoms with E-state index in [4.69, 9.17) is 9.52 Å². The number of carbonyl (C=O) groups excluding carboxylic acids is 1. The number of nitrogens with zero attached hydrogens (tertiary/aromatic N) is 2. The van der Waals surface area contributed by atoms with E-state index in [2.05, 4.69) is 4.98 Å². The molecule has 1 amide bonds. The van der Waals surface area contributed by atoms with E-state index in [1.165, 1.54) is 11.3 Å². The minimum Gasteiger partial charge on any atom is -0.462 e. The maximum atomic E-state index is 12.6. The first kappa shape index (κ1) is 14.3. The van der Waals surface area contributed by atoms with Crippen LogP contribution in [0.1, 0.15) is 36.2 Å². The van der Waals surface area contributed by atoms with Crippen LogP contribution < -0.4 is 0 Å². The predicted octanol–water partition coefficient (Wildman–Crippen LogP) is 2.78. The molecule has 5 nitrogen and oxygen atoms in total. The van der Waals surface area contributed by atoms with Gasteiger partial charge in [0.1, 0.15) is 5.69 Å². The summed E-state index contributed by atoms with van der Waals surface area (Å²) >= 11 is 1.41. The van der Waals surface area contributed by atoms with Crippen molar-refractivity contribution in [3.05, 3.63) is 29.5 Å². The summed E-state index contributed by atoms with van der Waals surface area (Å²) in [5, 5.41) is 11.7. The zero-order valence-corrected chi connectivity index (χ0v) is 12.5. The van der Waals surface area contributed by atoms with Gasteiger partial charge in [0.2, 0.25) is 0 Å². The molecular weight excluding hydrogens is 288 g/mol. The van der Waals surface area contributed by atoms with Crippen LogP contribution in [0.15, 0.2) is 28.2 Å². The highest BCUT2D eigenvalue weighted by Crippen LogP contribution is 2.26. The second-order valence-corrected chi connectivity index (χ2v) is 6.03. The van der Waals surface area contributed by atoms with Gasteiger partial charge in [0.05, 0.1) is 6.26 Å². The molecule has 21 heavy (non-hydrogen) atoms. The summed E-state index contributed by atoms with van der Waals surface area (Å²) in [6.07, 6.45) is 5.33. The maximum absolute atomic E-state index is 12.6. The number of aliphatic hydroxyl groups excluding tert-OH is 1. The molecule has 0 spiro atoms. The van der Waals surface area contributed by atoms with E-state index >= 15 is 0 Å². The summed E-state index contributed by atoms with van der Waals surface area (Å²) in [6.45, 7) is 0.861. The quantitative estimate of drug-likeness (QED) is 0.943. The zero-order valence-electron chi connectivity index (χ0n) is 11.7. The molecule has 0 aliphatic carbocycles. The highest BCUT2D eigenvalue weighted by Gasteiger charge is 2.28. The molecule has 2 aromatic heterocycles. The number of hydrogen-bond acceptors (Lipinski definition) is 5. The summed E-state index contributed by atoms with van der Waals surface area (Å²) < 4.78 is 5.31. The number of amides is 1. The third-order valence-electron chi connectivity index (χ3n) is 3.81. The normalized spacial score (nSPS) is 18.9. The van der Waals surface area contributed by atoms with Gasteiger partial charge in [-0.1, -0.05) is 0 Å². The highest BCUT2D eigenvalue weighted by atomic mass is 32.1. The molecule has 0 aromatic carbocycles. The predicted molar refractivity (Wildman–Crippen MR) is 80.2 cm³/mol. The van der Waals surface area contributed by atoms with Gasteiger partial charge < -0.3 is 14.4 Å². The van der Waals surface area contributed by atoms with E-state index in [1.54, 1.807) is 17.7 Å². The minimum absolute atomic E-state index is 0.0396. The van der Waals surface area contributed by atoms with Gasteiger partial charge in [-0.25, -0.2) is 4.98 Å². The third-order valence-corrected chi connectivity index (χ3v) is 4.66. The van der Waals surface area contributed by atoms with Gasteiger partial charge in [-0.15, -0.1) is 11.3 Å². The Morgan fingerprint density at radius 3 is 3.19 bits per heavy atom. The molecule has 2 aromatic rings. The van der Waals surface area contributed by atoms with Crippen molar-refractivity contribution in [3.8, 4) is 10.8 Å². The number of rotatable bonds is 4. The molecule has 1 unspecified atom stereocenters.